The van der Waals surface area contributed by atoms with E-state index < -0.39 is 29.2 Å². The van der Waals surface area contributed by atoms with Gasteiger partial charge in [-0.2, -0.15) is 0 Å². The first-order valence-corrected chi connectivity index (χ1v) is 14.9. The summed E-state index contributed by atoms with van der Waals surface area (Å²) in [6, 6.07) is 6.12. The third-order valence-electron chi connectivity index (χ3n) is 9.35. The van der Waals surface area contributed by atoms with Crippen LogP contribution in [0.4, 0.5) is 5.82 Å². The number of aromatic amines is 1. The largest absolute Gasteiger partial charge is 0.632 e. The predicted octanol–water partition coefficient (Wildman–Crippen LogP) is 3.34. The first kappa shape index (κ1) is 28.9. The van der Waals surface area contributed by atoms with Crippen LogP contribution in [0.5, 0.6) is 0 Å². The minimum absolute atomic E-state index is 0.0488. The van der Waals surface area contributed by atoms with Crippen LogP contribution in [-0.2, 0) is 16.6 Å². The predicted molar refractivity (Wildman–Crippen MR) is 159 cm³/mol. The summed E-state index contributed by atoms with van der Waals surface area (Å²) in [5, 5.41) is 36.1. The number of rotatable bonds is 8. The normalized spacial score (nSPS) is 28.0. The van der Waals surface area contributed by atoms with Crippen molar-refractivity contribution in [2.24, 2.45) is 5.92 Å². The third-order valence-corrected chi connectivity index (χ3v) is 9.35. The lowest BCUT2D eigenvalue weighted by atomic mass is 9.75. The standard InChI is InChI=1S/C30H42N8O4/c1-16(2)38(41,13-22-25(39)26(40)29(42-22)37-15-34-24-27(31)32-14-33-28(24)37)19-10-17(11-19)6-9-23-35-20-8-7-18(30(3,4)5)12-21(20)36-23/h7-8,12,14-17,19,22,25-26,29,39-40H,6,9-11,13H2,1-5H3,(H,35,36)(H2,31,32,33)/t17-,19-,22-,25-,26-,29-,38?/m1/s1. The van der Waals surface area contributed by atoms with Crippen molar-refractivity contribution in [2.45, 2.75) is 102 Å². The molecule has 226 valence electrons. The minimum atomic E-state index is -1.25. The number of aliphatic hydroxyl groups is 2. The van der Waals surface area contributed by atoms with Crippen LogP contribution < -0.4 is 5.73 Å². The van der Waals surface area contributed by atoms with Crippen LogP contribution in [0.2, 0.25) is 0 Å². The second-order valence-electron chi connectivity index (χ2n) is 13.5. The Morgan fingerprint density at radius 3 is 2.64 bits per heavy atom. The zero-order valence-electron chi connectivity index (χ0n) is 24.9. The van der Waals surface area contributed by atoms with Gasteiger partial charge in [-0.05, 0) is 49.3 Å². The van der Waals surface area contributed by atoms with E-state index in [1.165, 1.54) is 22.8 Å². The van der Waals surface area contributed by atoms with Crippen LogP contribution in [0, 0.1) is 11.1 Å². The molecule has 0 spiro atoms. The number of benzene rings is 1. The molecule has 4 heterocycles. The van der Waals surface area contributed by atoms with E-state index in [2.05, 4.69) is 58.9 Å². The molecule has 0 bridgehead atoms. The summed E-state index contributed by atoms with van der Waals surface area (Å²) >= 11 is 0. The number of quaternary nitrogens is 1. The van der Waals surface area contributed by atoms with Crippen LogP contribution in [0.3, 0.4) is 0 Å². The molecule has 2 fully saturated rings. The topological polar surface area (TPSA) is 171 Å². The van der Waals surface area contributed by atoms with Gasteiger partial charge in [-0.3, -0.25) is 4.57 Å². The highest BCUT2D eigenvalue weighted by Gasteiger charge is 2.50. The van der Waals surface area contributed by atoms with Crippen LogP contribution in [-0.4, -0.2) is 81.3 Å². The van der Waals surface area contributed by atoms with E-state index in [9.17, 15) is 15.4 Å². The number of hydrogen-bond acceptors (Lipinski definition) is 9. The number of fused-ring (bicyclic) bond motifs is 2. The number of hydroxylamine groups is 3. The molecule has 12 heteroatoms. The lowest BCUT2D eigenvalue weighted by molar-refractivity contribution is -0.935. The van der Waals surface area contributed by atoms with Gasteiger partial charge in [-0.25, -0.2) is 19.9 Å². The highest BCUT2D eigenvalue weighted by Crippen LogP contribution is 2.42. The van der Waals surface area contributed by atoms with Gasteiger partial charge < -0.3 is 35.5 Å². The van der Waals surface area contributed by atoms with E-state index in [-0.39, 0.29) is 29.9 Å². The van der Waals surface area contributed by atoms with Gasteiger partial charge in [0, 0.05) is 19.3 Å². The fraction of sp³-hybridized carbons (Fsp3) is 0.600. The van der Waals surface area contributed by atoms with Gasteiger partial charge >= 0.3 is 0 Å². The van der Waals surface area contributed by atoms with Crippen molar-refractivity contribution in [1.29, 1.82) is 0 Å². The number of hydrogen-bond donors (Lipinski definition) is 4. The number of aromatic nitrogens is 6. The molecule has 2 aliphatic rings. The maximum Gasteiger partial charge on any atom is 0.167 e. The van der Waals surface area contributed by atoms with Crippen molar-refractivity contribution < 1.29 is 19.6 Å². The van der Waals surface area contributed by atoms with Crippen LogP contribution >= 0.6 is 0 Å². The number of nitrogen functional groups attached to an aromatic ring is 1. The van der Waals surface area contributed by atoms with Gasteiger partial charge in [0.25, 0.3) is 0 Å². The molecule has 12 nitrogen and oxygen atoms in total. The summed E-state index contributed by atoms with van der Waals surface area (Å²) in [4.78, 5) is 20.7. The summed E-state index contributed by atoms with van der Waals surface area (Å²) in [5.74, 6) is 1.63. The molecule has 1 saturated heterocycles. The van der Waals surface area contributed by atoms with Gasteiger partial charge in [-0.1, -0.05) is 26.8 Å². The molecule has 1 saturated carbocycles. The number of nitrogens with two attached hydrogens (primary N) is 1. The van der Waals surface area contributed by atoms with E-state index in [1.807, 2.05) is 13.8 Å². The molecule has 1 unspecified atom stereocenters. The molecule has 0 radical (unpaired) electrons. The maximum absolute atomic E-state index is 14.3. The molecule has 6 rings (SSSR count). The Balaban J connectivity index is 1.09. The Hall–Kier alpha value is -3.16. The molecule has 42 heavy (non-hydrogen) atoms. The Kier molecular flexibility index (Phi) is 7.25. The van der Waals surface area contributed by atoms with Crippen molar-refractivity contribution in [1.82, 2.24) is 29.5 Å². The number of ether oxygens (including phenoxy) is 1. The molecular weight excluding hydrogens is 536 g/mol. The van der Waals surface area contributed by atoms with Crippen molar-refractivity contribution in [3.63, 3.8) is 0 Å². The van der Waals surface area contributed by atoms with Crippen molar-refractivity contribution >= 4 is 28.0 Å². The van der Waals surface area contributed by atoms with Crippen LogP contribution in [0.15, 0.2) is 30.9 Å². The summed E-state index contributed by atoms with van der Waals surface area (Å²) in [6.07, 6.45) is 1.94. The zero-order chi connectivity index (χ0) is 30.0. The van der Waals surface area contributed by atoms with Gasteiger partial charge in [0.1, 0.15) is 42.5 Å². The molecule has 1 aromatic carbocycles. The zero-order valence-corrected chi connectivity index (χ0v) is 24.9. The lowest BCUT2D eigenvalue weighted by Gasteiger charge is -2.58. The van der Waals surface area contributed by atoms with Gasteiger partial charge in [-0.15, -0.1) is 0 Å². The summed E-state index contributed by atoms with van der Waals surface area (Å²) in [6.45, 7) is 10.5. The summed E-state index contributed by atoms with van der Waals surface area (Å²) < 4.78 is 7.19. The molecule has 1 aliphatic carbocycles. The average molecular weight is 579 g/mol. The summed E-state index contributed by atoms with van der Waals surface area (Å²) in [5.41, 5.74) is 10.1. The number of aryl methyl sites for hydroxylation is 1. The first-order chi connectivity index (χ1) is 19.8. The van der Waals surface area contributed by atoms with E-state index in [4.69, 9.17) is 15.5 Å². The van der Waals surface area contributed by atoms with Crippen molar-refractivity contribution in [3.05, 3.63) is 47.4 Å². The minimum Gasteiger partial charge on any atom is -0.632 e. The summed E-state index contributed by atoms with van der Waals surface area (Å²) in [7, 11) is 0. The Morgan fingerprint density at radius 2 is 1.93 bits per heavy atom. The average Bonchev–Trinajstić information content (AvgIpc) is 3.59. The monoisotopic (exact) mass is 578 g/mol. The van der Waals surface area contributed by atoms with Crippen LogP contribution in [0.1, 0.15) is 71.5 Å². The van der Waals surface area contributed by atoms with E-state index in [0.29, 0.717) is 17.1 Å². The number of aliphatic hydroxyl groups excluding tert-OH is 2. The molecule has 1 aliphatic heterocycles. The molecule has 5 N–H and O–H groups in total. The maximum atomic E-state index is 14.3. The van der Waals surface area contributed by atoms with Crippen molar-refractivity contribution in [2.75, 3.05) is 12.3 Å². The number of imidazole rings is 2. The Labute approximate surface area is 245 Å². The fourth-order valence-electron chi connectivity index (χ4n) is 6.51. The Bertz CT molecular complexity index is 1570. The highest BCUT2D eigenvalue weighted by molar-refractivity contribution is 5.81. The number of nitrogens with zero attached hydrogens (tertiary/aromatic N) is 6. The quantitative estimate of drug-likeness (QED) is 0.181. The van der Waals surface area contributed by atoms with Crippen molar-refractivity contribution in [3.8, 4) is 0 Å². The molecular formula is C30H42N8O4. The highest BCUT2D eigenvalue weighted by atomic mass is 16.6. The van der Waals surface area contributed by atoms with E-state index in [1.54, 1.807) is 0 Å². The van der Waals surface area contributed by atoms with Crippen LogP contribution in [0.25, 0.3) is 22.2 Å². The van der Waals surface area contributed by atoms with Gasteiger partial charge in [0.2, 0.25) is 0 Å². The lowest BCUT2D eigenvalue weighted by Crippen LogP contribution is -2.63. The fourth-order valence-corrected chi connectivity index (χ4v) is 6.51. The van der Waals surface area contributed by atoms with Gasteiger partial charge in [0.15, 0.2) is 17.7 Å². The second-order valence-corrected chi connectivity index (χ2v) is 13.5. The molecule has 0 amide bonds. The van der Waals surface area contributed by atoms with Gasteiger partial charge in [0.05, 0.1) is 29.4 Å². The third kappa shape index (κ3) is 5.05. The number of nitrogens with one attached hydrogen (secondary N) is 1. The smallest absolute Gasteiger partial charge is 0.167 e. The van der Waals surface area contributed by atoms with E-state index in [0.717, 1.165) is 42.5 Å². The Morgan fingerprint density at radius 1 is 1.17 bits per heavy atom. The number of anilines is 1. The molecule has 3 aromatic heterocycles. The SMILES string of the molecule is CC(C)[N+]([O-])(C[C@H]1O[C@@H](n2cnc3c(N)ncnc32)[C@H](O)[C@@H]1O)[C@H]1C[C@H](CCc2nc3cc(C(C)(C)C)ccc3[nH]2)C1. The number of H-pyrrole nitrogens is 1. The molecule has 4 aromatic rings. The first-order valence-electron chi connectivity index (χ1n) is 14.9. The van der Waals surface area contributed by atoms with E-state index >= 15 is 0 Å². The molecule has 5 atom stereocenters. The second kappa shape index (κ2) is 10.5.